The van der Waals surface area contributed by atoms with Crippen LogP contribution in [0.15, 0.2) is 47.4 Å². The summed E-state index contributed by atoms with van der Waals surface area (Å²) in [5.41, 5.74) is 2.40. The van der Waals surface area contributed by atoms with Gasteiger partial charge < -0.3 is 10.6 Å². The van der Waals surface area contributed by atoms with E-state index >= 15 is 0 Å². The van der Waals surface area contributed by atoms with E-state index in [0.717, 1.165) is 29.0 Å². The van der Waals surface area contributed by atoms with Gasteiger partial charge in [-0.1, -0.05) is 29.8 Å². The van der Waals surface area contributed by atoms with E-state index in [0.29, 0.717) is 10.7 Å². The van der Waals surface area contributed by atoms with Gasteiger partial charge in [-0.15, -0.1) is 11.8 Å². The summed E-state index contributed by atoms with van der Waals surface area (Å²) in [5, 5.41) is 6.41. The minimum absolute atomic E-state index is 0.0619. The first-order chi connectivity index (χ1) is 12.0. The number of benzene rings is 2. The molecule has 0 bridgehead atoms. The third kappa shape index (κ3) is 5.00. The monoisotopic (exact) mass is 374 g/mol. The molecule has 2 amide bonds. The van der Waals surface area contributed by atoms with Crippen LogP contribution >= 0.6 is 23.4 Å². The second-order valence-electron chi connectivity index (χ2n) is 6.06. The van der Waals surface area contributed by atoms with E-state index in [2.05, 4.69) is 10.6 Å². The van der Waals surface area contributed by atoms with Crippen molar-refractivity contribution >= 4 is 46.6 Å². The number of amides is 2. The molecule has 2 aromatic carbocycles. The molecule has 0 aliphatic heterocycles. The number of anilines is 2. The van der Waals surface area contributed by atoms with Gasteiger partial charge in [-0.3, -0.25) is 9.59 Å². The number of hydrogen-bond acceptors (Lipinski definition) is 3. The van der Waals surface area contributed by atoms with E-state index in [1.807, 2.05) is 43.3 Å². The van der Waals surface area contributed by atoms with Gasteiger partial charge in [0.2, 0.25) is 11.8 Å². The van der Waals surface area contributed by atoms with Crippen molar-refractivity contribution in [2.45, 2.75) is 24.7 Å². The Labute approximate surface area is 156 Å². The Morgan fingerprint density at radius 3 is 2.64 bits per heavy atom. The molecule has 3 rings (SSSR count). The predicted molar refractivity (Wildman–Crippen MR) is 103 cm³/mol. The zero-order chi connectivity index (χ0) is 17.8. The summed E-state index contributed by atoms with van der Waals surface area (Å²) in [6.45, 7) is 1.91. The minimum Gasteiger partial charge on any atom is -0.325 e. The number of carbonyl (C=O) groups excluding carboxylic acids is 2. The maximum absolute atomic E-state index is 12.2. The molecule has 0 aromatic heterocycles. The Balaban J connectivity index is 1.58. The van der Waals surface area contributed by atoms with Crippen molar-refractivity contribution in [1.82, 2.24) is 0 Å². The molecule has 0 radical (unpaired) electrons. The Morgan fingerprint density at radius 1 is 1.16 bits per heavy atom. The Morgan fingerprint density at radius 2 is 1.92 bits per heavy atom. The van der Waals surface area contributed by atoms with Crippen LogP contribution in [0.4, 0.5) is 11.4 Å². The third-order valence-electron chi connectivity index (χ3n) is 3.91. The molecule has 0 heterocycles. The first-order valence-corrected chi connectivity index (χ1v) is 9.48. The van der Waals surface area contributed by atoms with E-state index in [1.165, 1.54) is 11.8 Å². The van der Waals surface area contributed by atoms with Crippen LogP contribution in [0.3, 0.4) is 0 Å². The average molecular weight is 375 g/mol. The normalized spacial score (nSPS) is 13.4. The van der Waals surface area contributed by atoms with Crippen LogP contribution < -0.4 is 10.6 Å². The first-order valence-electron chi connectivity index (χ1n) is 8.11. The average Bonchev–Trinajstić information content (AvgIpc) is 3.42. The van der Waals surface area contributed by atoms with Crippen molar-refractivity contribution in [3.63, 3.8) is 0 Å². The van der Waals surface area contributed by atoms with E-state index in [4.69, 9.17) is 11.6 Å². The van der Waals surface area contributed by atoms with Gasteiger partial charge >= 0.3 is 0 Å². The van der Waals surface area contributed by atoms with Gasteiger partial charge in [-0.25, -0.2) is 0 Å². The molecule has 130 valence electrons. The fourth-order valence-corrected chi connectivity index (χ4v) is 3.28. The van der Waals surface area contributed by atoms with Gasteiger partial charge in [-0.2, -0.15) is 0 Å². The van der Waals surface area contributed by atoms with Gasteiger partial charge in [-0.05, 0) is 49.6 Å². The van der Waals surface area contributed by atoms with Crippen LogP contribution in [0, 0.1) is 12.8 Å². The second kappa shape index (κ2) is 7.93. The molecule has 0 unspecified atom stereocenters. The molecular formula is C19H19ClN2O2S. The van der Waals surface area contributed by atoms with Crippen LogP contribution in [0.25, 0.3) is 0 Å². The van der Waals surface area contributed by atoms with Gasteiger partial charge in [0.15, 0.2) is 0 Å². The zero-order valence-corrected chi connectivity index (χ0v) is 15.4. The Kier molecular flexibility index (Phi) is 5.66. The van der Waals surface area contributed by atoms with E-state index in [-0.39, 0.29) is 23.5 Å². The van der Waals surface area contributed by atoms with Crippen molar-refractivity contribution < 1.29 is 9.59 Å². The standard InChI is InChI=1S/C19H19ClN2O2S/c1-12-6-9-14(10-15(12)20)21-18(23)11-25-17-5-3-2-4-16(17)22-19(24)13-7-8-13/h2-6,9-10,13H,7-8,11H2,1H3,(H,21,23)(H,22,24). The highest BCUT2D eigenvalue weighted by molar-refractivity contribution is 8.00. The lowest BCUT2D eigenvalue weighted by molar-refractivity contribution is -0.117. The number of halogens is 1. The molecule has 0 saturated heterocycles. The summed E-state index contributed by atoms with van der Waals surface area (Å²) >= 11 is 7.47. The number of hydrogen-bond donors (Lipinski definition) is 2. The number of aryl methyl sites for hydroxylation is 1. The lowest BCUT2D eigenvalue weighted by Crippen LogP contribution is -2.15. The molecule has 1 aliphatic carbocycles. The molecule has 1 saturated carbocycles. The molecular weight excluding hydrogens is 356 g/mol. The Bertz CT molecular complexity index is 806. The molecule has 2 N–H and O–H groups in total. The van der Waals surface area contributed by atoms with E-state index in [1.54, 1.807) is 6.07 Å². The van der Waals surface area contributed by atoms with Crippen LogP contribution in [0.5, 0.6) is 0 Å². The smallest absolute Gasteiger partial charge is 0.234 e. The molecule has 1 fully saturated rings. The van der Waals surface area contributed by atoms with Crippen molar-refractivity contribution in [3.05, 3.63) is 53.1 Å². The van der Waals surface area contributed by atoms with Crippen LogP contribution in [0.2, 0.25) is 5.02 Å². The molecule has 1 aliphatic rings. The maximum atomic E-state index is 12.2. The summed E-state index contributed by atoms with van der Waals surface area (Å²) in [4.78, 5) is 25.0. The molecule has 0 atom stereocenters. The topological polar surface area (TPSA) is 58.2 Å². The third-order valence-corrected chi connectivity index (χ3v) is 5.39. The van der Waals surface area contributed by atoms with Gasteiger partial charge in [0.25, 0.3) is 0 Å². The fraction of sp³-hybridized carbons (Fsp3) is 0.263. The predicted octanol–water partition coefficient (Wildman–Crippen LogP) is 4.73. The molecule has 6 heteroatoms. The number of para-hydroxylation sites is 1. The molecule has 4 nitrogen and oxygen atoms in total. The van der Waals surface area contributed by atoms with Gasteiger partial charge in [0.1, 0.15) is 0 Å². The first kappa shape index (κ1) is 17.8. The minimum atomic E-state index is -0.117. The van der Waals surface area contributed by atoms with Crippen LogP contribution in [0.1, 0.15) is 18.4 Å². The van der Waals surface area contributed by atoms with Gasteiger partial charge in [0, 0.05) is 21.5 Å². The molecule has 2 aromatic rings. The van der Waals surface area contributed by atoms with Crippen molar-refractivity contribution in [1.29, 1.82) is 0 Å². The summed E-state index contributed by atoms with van der Waals surface area (Å²) < 4.78 is 0. The summed E-state index contributed by atoms with van der Waals surface area (Å²) in [6.07, 6.45) is 1.92. The highest BCUT2D eigenvalue weighted by atomic mass is 35.5. The summed E-state index contributed by atoms with van der Waals surface area (Å²) in [5.74, 6) is 0.342. The Hall–Kier alpha value is -1.98. The van der Waals surface area contributed by atoms with Crippen LogP contribution in [-0.4, -0.2) is 17.6 Å². The number of carbonyl (C=O) groups is 2. The lowest BCUT2D eigenvalue weighted by Gasteiger charge is -2.11. The highest BCUT2D eigenvalue weighted by Gasteiger charge is 2.29. The quantitative estimate of drug-likeness (QED) is 0.719. The maximum Gasteiger partial charge on any atom is 0.234 e. The summed E-state index contributed by atoms with van der Waals surface area (Å²) in [7, 11) is 0. The second-order valence-corrected chi connectivity index (χ2v) is 7.48. The highest BCUT2D eigenvalue weighted by Crippen LogP contribution is 2.33. The van der Waals surface area contributed by atoms with Gasteiger partial charge in [0.05, 0.1) is 11.4 Å². The number of nitrogens with one attached hydrogen (secondary N) is 2. The SMILES string of the molecule is Cc1ccc(NC(=O)CSc2ccccc2NC(=O)C2CC2)cc1Cl. The molecule has 0 spiro atoms. The molecule has 25 heavy (non-hydrogen) atoms. The number of rotatable bonds is 6. The van der Waals surface area contributed by atoms with E-state index in [9.17, 15) is 9.59 Å². The van der Waals surface area contributed by atoms with Crippen LogP contribution in [-0.2, 0) is 9.59 Å². The lowest BCUT2D eigenvalue weighted by atomic mass is 10.2. The fourth-order valence-electron chi connectivity index (χ4n) is 2.29. The zero-order valence-electron chi connectivity index (χ0n) is 13.8. The largest absolute Gasteiger partial charge is 0.325 e. The van der Waals surface area contributed by atoms with E-state index < -0.39 is 0 Å². The van der Waals surface area contributed by atoms with Crippen molar-refractivity contribution in [2.75, 3.05) is 16.4 Å². The van der Waals surface area contributed by atoms with Crippen molar-refractivity contribution in [3.8, 4) is 0 Å². The summed E-state index contributed by atoms with van der Waals surface area (Å²) in [6, 6.07) is 13.0. The number of thioether (sulfide) groups is 1. The van der Waals surface area contributed by atoms with Crippen molar-refractivity contribution in [2.24, 2.45) is 5.92 Å².